The van der Waals surface area contributed by atoms with E-state index in [0.717, 1.165) is 0 Å². The first-order valence-electron chi connectivity index (χ1n) is 8.15. The number of hydrogen-bond donors (Lipinski definition) is 1. The zero-order chi connectivity index (χ0) is 17.9. The van der Waals surface area contributed by atoms with Crippen molar-refractivity contribution in [2.75, 3.05) is 39.8 Å². The van der Waals surface area contributed by atoms with Gasteiger partial charge in [-0.05, 0) is 27.3 Å². The van der Waals surface area contributed by atoms with Crippen molar-refractivity contribution >= 4 is 15.9 Å². The summed E-state index contributed by atoms with van der Waals surface area (Å²) in [5.41, 5.74) is 0.368. The summed E-state index contributed by atoms with van der Waals surface area (Å²) in [6.07, 6.45) is 0.612. The van der Waals surface area contributed by atoms with Crippen molar-refractivity contribution < 1.29 is 17.7 Å². The lowest BCUT2D eigenvalue weighted by Crippen LogP contribution is -2.41. The van der Waals surface area contributed by atoms with Gasteiger partial charge in [-0.15, -0.1) is 0 Å². The third-order valence-electron chi connectivity index (χ3n) is 4.26. The van der Waals surface area contributed by atoms with Crippen molar-refractivity contribution in [1.29, 1.82) is 0 Å². The van der Waals surface area contributed by atoms with Crippen LogP contribution in [0.1, 0.15) is 24.8 Å². The van der Waals surface area contributed by atoms with Crippen LogP contribution in [0.25, 0.3) is 0 Å². The van der Waals surface area contributed by atoms with Crippen LogP contribution in [0, 0.1) is 19.8 Å². The van der Waals surface area contributed by atoms with Crippen molar-refractivity contribution in [3.05, 3.63) is 11.5 Å². The number of hydrogen-bond acceptors (Lipinski definition) is 6. The molecule has 1 aromatic rings. The molecule has 1 amide bonds. The van der Waals surface area contributed by atoms with E-state index in [0.29, 0.717) is 44.1 Å². The summed E-state index contributed by atoms with van der Waals surface area (Å²) >= 11 is 0. The zero-order valence-electron chi connectivity index (χ0n) is 14.7. The molecule has 2 rings (SSSR count). The van der Waals surface area contributed by atoms with Gasteiger partial charge in [0.25, 0.3) is 0 Å². The lowest BCUT2D eigenvalue weighted by atomic mass is 10.1. The van der Waals surface area contributed by atoms with E-state index in [1.807, 2.05) is 14.0 Å². The molecule has 9 heteroatoms. The van der Waals surface area contributed by atoms with Crippen LogP contribution < -0.4 is 5.32 Å². The second-order valence-electron chi connectivity index (χ2n) is 6.19. The first-order chi connectivity index (χ1) is 11.3. The van der Waals surface area contributed by atoms with Crippen LogP contribution in [0.15, 0.2) is 9.42 Å². The molecule has 0 spiro atoms. The number of aryl methyl sites for hydroxylation is 2. The first kappa shape index (κ1) is 18.9. The molecule has 0 saturated carbocycles. The molecule has 1 aromatic heterocycles. The Morgan fingerprint density at radius 3 is 2.58 bits per heavy atom. The van der Waals surface area contributed by atoms with Crippen LogP contribution in [0.4, 0.5) is 0 Å². The van der Waals surface area contributed by atoms with Gasteiger partial charge in [0.1, 0.15) is 10.6 Å². The highest BCUT2D eigenvalue weighted by molar-refractivity contribution is 7.89. The topological polar surface area (TPSA) is 95.8 Å². The maximum atomic E-state index is 12.9. The van der Waals surface area contributed by atoms with Gasteiger partial charge in [-0.3, -0.25) is 4.79 Å². The zero-order valence-corrected chi connectivity index (χ0v) is 15.5. The number of nitrogens with zero attached hydrogens (tertiary/aromatic N) is 3. The van der Waals surface area contributed by atoms with Crippen molar-refractivity contribution in [3.8, 4) is 0 Å². The fourth-order valence-electron chi connectivity index (χ4n) is 3.03. The molecule has 24 heavy (non-hydrogen) atoms. The Bertz CT molecular complexity index is 666. The minimum Gasteiger partial charge on any atom is -0.360 e. The van der Waals surface area contributed by atoms with E-state index in [-0.39, 0.29) is 23.3 Å². The average molecular weight is 358 g/mol. The monoisotopic (exact) mass is 358 g/mol. The Kier molecular flexibility index (Phi) is 6.00. The molecule has 2 heterocycles. The molecule has 1 aliphatic heterocycles. The minimum atomic E-state index is -3.66. The van der Waals surface area contributed by atoms with Crippen LogP contribution in [0.2, 0.25) is 0 Å². The van der Waals surface area contributed by atoms with Gasteiger partial charge in [0.2, 0.25) is 15.9 Å². The van der Waals surface area contributed by atoms with Gasteiger partial charge in [0, 0.05) is 38.6 Å². The molecule has 136 valence electrons. The van der Waals surface area contributed by atoms with Crippen molar-refractivity contribution in [2.24, 2.45) is 5.92 Å². The standard InChI is InChI=1S/C15H26N4O4S/c1-11(10-16-4)15(20)18-6-5-7-19(9-8-18)24(21,22)14-12(2)17-23-13(14)3/h11,16H,5-10H2,1-4H3. The van der Waals surface area contributed by atoms with Crippen molar-refractivity contribution in [3.63, 3.8) is 0 Å². The van der Waals surface area contributed by atoms with E-state index in [4.69, 9.17) is 4.52 Å². The lowest BCUT2D eigenvalue weighted by Gasteiger charge is -2.24. The van der Waals surface area contributed by atoms with E-state index in [9.17, 15) is 13.2 Å². The molecule has 0 aliphatic carbocycles. The van der Waals surface area contributed by atoms with Crippen LogP contribution >= 0.6 is 0 Å². The maximum absolute atomic E-state index is 12.9. The van der Waals surface area contributed by atoms with E-state index in [2.05, 4.69) is 10.5 Å². The number of rotatable bonds is 5. The molecule has 1 saturated heterocycles. The Labute approximate surface area is 143 Å². The third-order valence-corrected chi connectivity index (χ3v) is 6.41. The molecule has 1 aliphatic rings. The Balaban J connectivity index is 2.12. The largest absolute Gasteiger partial charge is 0.360 e. The summed E-state index contributed by atoms with van der Waals surface area (Å²) in [4.78, 5) is 14.3. The smallest absolute Gasteiger partial charge is 0.248 e. The fraction of sp³-hybridized carbons (Fsp3) is 0.733. The van der Waals surface area contributed by atoms with Gasteiger partial charge in [-0.1, -0.05) is 12.1 Å². The normalized spacial score (nSPS) is 18.4. The highest BCUT2D eigenvalue weighted by atomic mass is 32.2. The van der Waals surface area contributed by atoms with Gasteiger partial charge in [-0.2, -0.15) is 4.31 Å². The van der Waals surface area contributed by atoms with Gasteiger partial charge >= 0.3 is 0 Å². The summed E-state index contributed by atoms with van der Waals surface area (Å²) in [5.74, 6) is 0.231. The molecule has 1 N–H and O–H groups in total. The molecule has 0 radical (unpaired) electrons. The van der Waals surface area contributed by atoms with Crippen LogP contribution in [0.5, 0.6) is 0 Å². The predicted molar refractivity (Wildman–Crippen MR) is 89.0 cm³/mol. The van der Waals surface area contributed by atoms with Gasteiger partial charge in [0.15, 0.2) is 5.76 Å². The summed E-state index contributed by atoms with van der Waals surface area (Å²) in [6, 6.07) is 0. The Hall–Kier alpha value is -1.45. The number of amides is 1. The van der Waals surface area contributed by atoms with Crippen molar-refractivity contribution in [1.82, 2.24) is 19.7 Å². The summed E-state index contributed by atoms with van der Waals surface area (Å²) < 4.78 is 32.2. The third kappa shape index (κ3) is 3.79. The summed E-state index contributed by atoms with van der Waals surface area (Å²) in [6.45, 7) is 7.34. The quantitative estimate of drug-likeness (QED) is 0.817. The fourth-order valence-corrected chi connectivity index (χ4v) is 4.79. The van der Waals surface area contributed by atoms with Crippen LogP contribution in [-0.2, 0) is 14.8 Å². The van der Waals surface area contributed by atoms with Crippen molar-refractivity contribution in [2.45, 2.75) is 32.1 Å². The molecule has 0 aromatic carbocycles. The molecule has 1 unspecified atom stereocenters. The number of carbonyl (C=O) groups is 1. The Morgan fingerprint density at radius 1 is 1.29 bits per heavy atom. The predicted octanol–water partition coefficient (Wildman–Crippen LogP) is 0.370. The highest BCUT2D eigenvalue weighted by Crippen LogP contribution is 2.24. The van der Waals surface area contributed by atoms with Gasteiger partial charge in [-0.25, -0.2) is 8.42 Å². The molecular formula is C15H26N4O4S. The summed E-state index contributed by atoms with van der Waals surface area (Å²) in [7, 11) is -1.85. The van der Waals surface area contributed by atoms with Crippen LogP contribution in [0.3, 0.4) is 0 Å². The summed E-state index contributed by atoms with van der Waals surface area (Å²) in [5, 5.41) is 6.73. The molecule has 0 bridgehead atoms. The van der Waals surface area contributed by atoms with E-state index in [1.165, 1.54) is 4.31 Å². The molecule has 1 fully saturated rings. The molecule has 1 atom stereocenters. The van der Waals surface area contributed by atoms with E-state index in [1.54, 1.807) is 18.7 Å². The van der Waals surface area contributed by atoms with Gasteiger partial charge in [0.05, 0.1) is 0 Å². The van der Waals surface area contributed by atoms with Gasteiger partial charge < -0.3 is 14.7 Å². The van der Waals surface area contributed by atoms with E-state index < -0.39 is 10.0 Å². The average Bonchev–Trinajstić information content (AvgIpc) is 2.75. The number of aromatic nitrogens is 1. The molecule has 8 nitrogen and oxygen atoms in total. The van der Waals surface area contributed by atoms with E-state index >= 15 is 0 Å². The SMILES string of the molecule is CNCC(C)C(=O)N1CCCN(S(=O)(=O)c2c(C)noc2C)CC1. The highest BCUT2D eigenvalue weighted by Gasteiger charge is 2.33. The first-order valence-corrected chi connectivity index (χ1v) is 9.59. The molecular weight excluding hydrogens is 332 g/mol. The van der Waals surface area contributed by atoms with Crippen LogP contribution in [-0.4, -0.2) is 68.5 Å². The second-order valence-corrected chi connectivity index (χ2v) is 8.07. The number of carbonyl (C=O) groups excluding carboxylic acids is 1. The number of sulfonamides is 1. The maximum Gasteiger partial charge on any atom is 0.248 e. The minimum absolute atomic E-state index is 0.0564. The number of nitrogens with one attached hydrogen (secondary N) is 1. The second kappa shape index (κ2) is 7.62. The lowest BCUT2D eigenvalue weighted by molar-refractivity contribution is -0.134. The Morgan fingerprint density at radius 2 is 2.00 bits per heavy atom.